The Morgan fingerprint density at radius 3 is 2.40 bits per heavy atom. The summed E-state index contributed by atoms with van der Waals surface area (Å²) in [6, 6.07) is 16.3. The van der Waals surface area contributed by atoms with Crippen molar-refractivity contribution in [1.29, 1.82) is 0 Å². The lowest BCUT2D eigenvalue weighted by molar-refractivity contribution is -0.137. The van der Waals surface area contributed by atoms with Crippen LogP contribution in [0.1, 0.15) is 40.6 Å². The van der Waals surface area contributed by atoms with Gasteiger partial charge in [-0.2, -0.15) is 13.2 Å². The first kappa shape index (κ1) is 24.9. The van der Waals surface area contributed by atoms with E-state index in [0.29, 0.717) is 15.3 Å². The van der Waals surface area contributed by atoms with Gasteiger partial charge in [-0.3, -0.25) is 14.5 Å². The van der Waals surface area contributed by atoms with E-state index in [-0.39, 0.29) is 17.9 Å². The molecule has 5 nitrogen and oxygen atoms in total. The first-order valence-corrected chi connectivity index (χ1v) is 12.2. The van der Waals surface area contributed by atoms with Crippen LogP contribution in [-0.4, -0.2) is 35.8 Å². The Morgan fingerprint density at radius 2 is 1.74 bits per heavy atom. The standard InChI is InChI=1S/C26H26F3N3O2S/c1-17(33)30-21-7-5-18(6-8-21)16-32-13-11-22(12-14-32)31-25(34)24-10-9-23(35-24)19-3-2-4-20(15-19)26(27,28)29/h2-10,15,22H,11-14,16H2,1H3,(H,30,33)(H,31,34). The molecule has 2 aromatic carbocycles. The highest BCUT2D eigenvalue weighted by Crippen LogP contribution is 2.34. The molecule has 3 aromatic rings. The summed E-state index contributed by atoms with van der Waals surface area (Å²) >= 11 is 1.19. The second-order valence-electron chi connectivity index (χ2n) is 8.64. The third-order valence-corrected chi connectivity index (χ3v) is 7.04. The van der Waals surface area contributed by atoms with Gasteiger partial charge in [0.1, 0.15) is 0 Å². The topological polar surface area (TPSA) is 61.4 Å². The fraction of sp³-hybridized carbons (Fsp3) is 0.308. The molecule has 1 aliphatic rings. The van der Waals surface area contributed by atoms with Crippen LogP contribution in [0, 0.1) is 0 Å². The van der Waals surface area contributed by atoms with Gasteiger partial charge in [-0.25, -0.2) is 0 Å². The van der Waals surface area contributed by atoms with E-state index < -0.39 is 11.7 Å². The van der Waals surface area contributed by atoms with Crippen LogP contribution in [0.25, 0.3) is 10.4 Å². The van der Waals surface area contributed by atoms with Crippen molar-refractivity contribution in [3.63, 3.8) is 0 Å². The summed E-state index contributed by atoms with van der Waals surface area (Å²) < 4.78 is 39.0. The van der Waals surface area contributed by atoms with Gasteiger partial charge in [-0.05, 0) is 60.4 Å². The Hall–Kier alpha value is -3.17. The number of amides is 2. The Bertz CT molecular complexity index is 1180. The molecule has 9 heteroatoms. The summed E-state index contributed by atoms with van der Waals surface area (Å²) in [4.78, 5) is 27.3. The number of carbonyl (C=O) groups is 2. The lowest BCUT2D eigenvalue weighted by Gasteiger charge is -2.32. The summed E-state index contributed by atoms with van der Waals surface area (Å²) in [5, 5.41) is 5.83. The number of anilines is 1. The maximum atomic E-state index is 13.0. The smallest absolute Gasteiger partial charge is 0.349 e. The number of carbonyl (C=O) groups excluding carboxylic acids is 2. The first-order valence-electron chi connectivity index (χ1n) is 11.3. The highest BCUT2D eigenvalue weighted by atomic mass is 32.1. The second-order valence-corrected chi connectivity index (χ2v) is 9.73. The molecule has 0 aliphatic carbocycles. The molecule has 1 fully saturated rings. The lowest BCUT2D eigenvalue weighted by Crippen LogP contribution is -2.44. The van der Waals surface area contributed by atoms with Crippen LogP contribution >= 0.6 is 11.3 Å². The number of nitrogens with one attached hydrogen (secondary N) is 2. The van der Waals surface area contributed by atoms with Gasteiger partial charge in [0.25, 0.3) is 5.91 Å². The SMILES string of the molecule is CC(=O)Nc1ccc(CN2CCC(NC(=O)c3ccc(-c4cccc(C(F)(F)F)c4)s3)CC2)cc1. The average molecular weight is 502 g/mol. The van der Waals surface area contributed by atoms with Crippen molar-refractivity contribution in [2.75, 3.05) is 18.4 Å². The quantitative estimate of drug-likeness (QED) is 0.450. The van der Waals surface area contributed by atoms with Crippen LogP contribution in [0.5, 0.6) is 0 Å². The molecule has 0 atom stereocenters. The minimum absolute atomic E-state index is 0.0556. The number of benzene rings is 2. The van der Waals surface area contributed by atoms with E-state index in [0.717, 1.165) is 55.9 Å². The number of likely N-dealkylation sites (tertiary alicyclic amines) is 1. The Morgan fingerprint density at radius 1 is 1.03 bits per heavy atom. The summed E-state index contributed by atoms with van der Waals surface area (Å²) in [5.41, 5.74) is 1.67. The van der Waals surface area contributed by atoms with Crippen LogP contribution in [-0.2, 0) is 17.5 Å². The van der Waals surface area contributed by atoms with E-state index in [1.807, 2.05) is 24.3 Å². The number of piperidine rings is 1. The molecule has 2 amide bonds. The van der Waals surface area contributed by atoms with E-state index in [1.54, 1.807) is 18.2 Å². The summed E-state index contributed by atoms with van der Waals surface area (Å²) in [5.74, 6) is -0.295. The molecule has 4 rings (SSSR count). The highest BCUT2D eigenvalue weighted by Gasteiger charge is 2.30. The maximum absolute atomic E-state index is 13.0. The van der Waals surface area contributed by atoms with Crippen molar-refractivity contribution >= 4 is 28.8 Å². The van der Waals surface area contributed by atoms with Gasteiger partial charge >= 0.3 is 6.18 Å². The van der Waals surface area contributed by atoms with Gasteiger partial charge in [0.15, 0.2) is 0 Å². The molecular formula is C26H26F3N3O2S. The third-order valence-electron chi connectivity index (χ3n) is 5.91. The van der Waals surface area contributed by atoms with Gasteiger partial charge in [0.2, 0.25) is 5.91 Å². The van der Waals surface area contributed by atoms with Crippen LogP contribution in [0.2, 0.25) is 0 Å². The number of thiophene rings is 1. The van der Waals surface area contributed by atoms with E-state index in [1.165, 1.54) is 24.3 Å². The largest absolute Gasteiger partial charge is 0.416 e. The second kappa shape index (κ2) is 10.6. The van der Waals surface area contributed by atoms with Crippen molar-refractivity contribution in [3.05, 3.63) is 76.7 Å². The van der Waals surface area contributed by atoms with Gasteiger partial charge in [-0.1, -0.05) is 24.3 Å². The normalized spacial score (nSPS) is 15.1. The highest BCUT2D eigenvalue weighted by molar-refractivity contribution is 7.17. The predicted molar refractivity (Wildman–Crippen MR) is 131 cm³/mol. The Balaban J connectivity index is 1.28. The van der Waals surface area contributed by atoms with Gasteiger partial charge in [0, 0.05) is 43.2 Å². The van der Waals surface area contributed by atoms with Gasteiger partial charge < -0.3 is 10.6 Å². The number of rotatable bonds is 6. The number of alkyl halides is 3. The number of nitrogens with zero attached hydrogens (tertiary/aromatic N) is 1. The zero-order valence-corrected chi connectivity index (χ0v) is 20.0. The van der Waals surface area contributed by atoms with Gasteiger partial charge in [0.05, 0.1) is 10.4 Å². The molecule has 184 valence electrons. The minimum atomic E-state index is -4.40. The summed E-state index contributed by atoms with van der Waals surface area (Å²) in [7, 11) is 0. The fourth-order valence-electron chi connectivity index (χ4n) is 4.11. The van der Waals surface area contributed by atoms with Crippen molar-refractivity contribution in [3.8, 4) is 10.4 Å². The molecule has 2 N–H and O–H groups in total. The molecule has 0 radical (unpaired) electrons. The van der Waals surface area contributed by atoms with Crippen LogP contribution in [0.4, 0.5) is 18.9 Å². The average Bonchev–Trinajstić information content (AvgIpc) is 3.32. The zero-order valence-electron chi connectivity index (χ0n) is 19.2. The van der Waals surface area contributed by atoms with Crippen molar-refractivity contribution in [1.82, 2.24) is 10.2 Å². The first-order chi connectivity index (χ1) is 16.7. The molecule has 1 aromatic heterocycles. The predicted octanol–water partition coefficient (Wildman–Crippen LogP) is 5.79. The molecule has 0 spiro atoms. The molecule has 35 heavy (non-hydrogen) atoms. The van der Waals surface area contributed by atoms with Crippen molar-refractivity contribution in [2.45, 2.75) is 38.5 Å². The van der Waals surface area contributed by atoms with E-state index in [9.17, 15) is 22.8 Å². The minimum Gasteiger partial charge on any atom is -0.349 e. The van der Waals surface area contributed by atoms with Crippen LogP contribution in [0.15, 0.2) is 60.7 Å². The molecule has 1 saturated heterocycles. The number of hydrogen-bond donors (Lipinski definition) is 2. The van der Waals surface area contributed by atoms with Crippen LogP contribution in [0.3, 0.4) is 0 Å². The Kier molecular flexibility index (Phi) is 7.57. The summed E-state index contributed by atoms with van der Waals surface area (Å²) in [6.45, 7) is 3.97. The molecule has 1 aliphatic heterocycles. The number of halogens is 3. The molecule has 0 saturated carbocycles. The molecule has 0 unspecified atom stereocenters. The number of hydrogen-bond acceptors (Lipinski definition) is 4. The zero-order chi connectivity index (χ0) is 25.0. The van der Waals surface area contributed by atoms with E-state index in [2.05, 4.69) is 15.5 Å². The van der Waals surface area contributed by atoms with E-state index in [4.69, 9.17) is 0 Å². The Labute approximate surface area is 206 Å². The monoisotopic (exact) mass is 501 g/mol. The molecule has 0 bridgehead atoms. The third kappa shape index (κ3) is 6.70. The van der Waals surface area contributed by atoms with Crippen LogP contribution < -0.4 is 10.6 Å². The van der Waals surface area contributed by atoms with Crippen molar-refractivity contribution in [2.24, 2.45) is 0 Å². The fourth-order valence-corrected chi connectivity index (χ4v) is 5.02. The van der Waals surface area contributed by atoms with Crippen molar-refractivity contribution < 1.29 is 22.8 Å². The van der Waals surface area contributed by atoms with E-state index >= 15 is 0 Å². The maximum Gasteiger partial charge on any atom is 0.416 e. The molecular weight excluding hydrogens is 475 g/mol. The lowest BCUT2D eigenvalue weighted by atomic mass is 10.0. The van der Waals surface area contributed by atoms with Gasteiger partial charge in [-0.15, -0.1) is 11.3 Å². The molecule has 2 heterocycles. The summed E-state index contributed by atoms with van der Waals surface area (Å²) in [6.07, 6.45) is -2.76.